The Hall–Kier alpha value is -7.54. The van der Waals surface area contributed by atoms with Crippen molar-refractivity contribution in [2.45, 2.75) is 0 Å². The summed E-state index contributed by atoms with van der Waals surface area (Å²) in [4.78, 5) is 0. The normalized spacial score (nSPS) is 11.8. The Labute approximate surface area is 336 Å². The van der Waals surface area contributed by atoms with E-state index in [9.17, 15) is 0 Å². The second-order valence-electron chi connectivity index (χ2n) is 15.5. The number of rotatable bonds is 4. The topological polar surface area (TPSA) is 0 Å². The zero-order valence-electron chi connectivity index (χ0n) is 31.8. The van der Waals surface area contributed by atoms with E-state index in [1.165, 1.54) is 120 Å². The van der Waals surface area contributed by atoms with Crippen LogP contribution in [0.4, 0.5) is 0 Å². The number of benzene rings is 12. The summed E-state index contributed by atoms with van der Waals surface area (Å²) in [6.45, 7) is 0. The monoisotopic (exact) mass is 732 g/mol. The van der Waals surface area contributed by atoms with Crippen molar-refractivity contribution in [2.24, 2.45) is 0 Å². The molecule has 0 heteroatoms. The van der Waals surface area contributed by atoms with Crippen molar-refractivity contribution in [3.63, 3.8) is 0 Å². The van der Waals surface area contributed by atoms with Crippen molar-refractivity contribution in [2.75, 3.05) is 0 Å². The molecule has 0 saturated heterocycles. The summed E-state index contributed by atoms with van der Waals surface area (Å²) in [6.07, 6.45) is 0. The van der Waals surface area contributed by atoms with Gasteiger partial charge in [0.15, 0.2) is 0 Å². The molecule has 0 unspecified atom stereocenters. The molecule has 0 aliphatic heterocycles. The molecule has 0 aliphatic carbocycles. The quantitative estimate of drug-likeness (QED) is 0.125. The van der Waals surface area contributed by atoms with Crippen molar-refractivity contribution in [3.8, 4) is 44.5 Å². The lowest BCUT2D eigenvalue weighted by Gasteiger charge is -2.20. The minimum absolute atomic E-state index is 1.23. The average molecular weight is 733 g/mol. The molecule has 12 rings (SSSR count). The molecule has 0 amide bonds. The van der Waals surface area contributed by atoms with Gasteiger partial charge in [-0.15, -0.1) is 0 Å². The molecule has 0 saturated carbocycles. The first-order valence-electron chi connectivity index (χ1n) is 20.2. The molecule has 0 aromatic heterocycles. The largest absolute Gasteiger partial charge is 0.0622 e. The van der Waals surface area contributed by atoms with Gasteiger partial charge in [-0.25, -0.2) is 0 Å². The van der Waals surface area contributed by atoms with Crippen LogP contribution in [0.15, 0.2) is 218 Å². The lowest BCUT2D eigenvalue weighted by Crippen LogP contribution is -1.93. The maximum Gasteiger partial charge on any atom is -0.00199 e. The van der Waals surface area contributed by atoms with Gasteiger partial charge in [-0.2, -0.15) is 0 Å². The Morgan fingerprint density at radius 1 is 0.172 bits per heavy atom. The molecule has 0 heterocycles. The van der Waals surface area contributed by atoms with E-state index in [-0.39, 0.29) is 0 Å². The number of hydrogen-bond donors (Lipinski definition) is 0. The van der Waals surface area contributed by atoms with Crippen LogP contribution in [0.2, 0.25) is 0 Å². The third kappa shape index (κ3) is 4.89. The molecular formula is C58H36. The zero-order valence-corrected chi connectivity index (χ0v) is 31.8. The molecule has 58 heavy (non-hydrogen) atoms. The summed E-state index contributed by atoms with van der Waals surface area (Å²) in [5, 5.41) is 17.7. The summed E-state index contributed by atoms with van der Waals surface area (Å²) >= 11 is 0. The molecule has 268 valence electrons. The molecule has 0 aliphatic rings. The Kier molecular flexibility index (Phi) is 7.33. The number of hydrogen-bond acceptors (Lipinski definition) is 0. The lowest BCUT2D eigenvalue weighted by atomic mass is 9.82. The van der Waals surface area contributed by atoms with Gasteiger partial charge in [-0.3, -0.25) is 0 Å². The molecule has 0 bridgehead atoms. The highest BCUT2D eigenvalue weighted by Crippen LogP contribution is 2.49. The Balaban J connectivity index is 1.13. The van der Waals surface area contributed by atoms with Crippen LogP contribution in [-0.4, -0.2) is 0 Å². The lowest BCUT2D eigenvalue weighted by molar-refractivity contribution is 1.66. The smallest absolute Gasteiger partial charge is 0.00199 e. The van der Waals surface area contributed by atoms with E-state index in [0.717, 1.165) is 0 Å². The standard InChI is InChI=1S/C58H36/c1-2-18-38(19-3-1)55-45-24-8-14-30-51(45)58(52-31-15-9-25-46(52)55)54-35-39-33-34-40(36-53(39)42-22-6-7-23-43(42)54)56-47-26-10-12-28-49(47)57(50-29-13-11-27-48(50)56)44-32-16-20-37-17-4-5-21-41(37)44/h1-36H. The van der Waals surface area contributed by atoms with E-state index in [4.69, 9.17) is 0 Å². The first kappa shape index (κ1) is 32.7. The molecule has 0 atom stereocenters. The molecular weight excluding hydrogens is 697 g/mol. The van der Waals surface area contributed by atoms with Crippen LogP contribution in [-0.2, 0) is 0 Å². The predicted octanol–water partition coefficient (Wildman–Crippen LogP) is 16.4. The summed E-state index contributed by atoms with van der Waals surface area (Å²) in [5.41, 5.74) is 10.1. The Bertz CT molecular complexity index is 3490. The van der Waals surface area contributed by atoms with E-state index in [0.29, 0.717) is 0 Å². The van der Waals surface area contributed by atoms with Crippen LogP contribution < -0.4 is 0 Å². The van der Waals surface area contributed by atoms with Gasteiger partial charge < -0.3 is 0 Å². The van der Waals surface area contributed by atoms with Gasteiger partial charge in [0, 0.05) is 0 Å². The first-order valence-corrected chi connectivity index (χ1v) is 20.2. The molecule has 12 aromatic carbocycles. The second-order valence-corrected chi connectivity index (χ2v) is 15.5. The summed E-state index contributed by atoms with van der Waals surface area (Å²) in [6, 6.07) is 80.8. The van der Waals surface area contributed by atoms with Crippen molar-refractivity contribution in [3.05, 3.63) is 218 Å². The summed E-state index contributed by atoms with van der Waals surface area (Å²) < 4.78 is 0. The second kappa shape index (κ2) is 13.0. The van der Waals surface area contributed by atoms with Gasteiger partial charge in [0.2, 0.25) is 0 Å². The van der Waals surface area contributed by atoms with Crippen LogP contribution in [0.3, 0.4) is 0 Å². The van der Waals surface area contributed by atoms with Crippen LogP contribution >= 0.6 is 0 Å². The maximum absolute atomic E-state index is 2.45. The minimum Gasteiger partial charge on any atom is -0.0622 e. The molecule has 0 fully saturated rings. The molecule has 0 N–H and O–H groups in total. The SMILES string of the molecule is c1ccc(-c2c3ccccc3c(-c3cc4ccc(-c5c6ccccc6c(-c6cccc7ccccc67)c6ccccc56)cc4c4ccccc34)c3ccccc23)cc1. The van der Waals surface area contributed by atoms with E-state index >= 15 is 0 Å². The summed E-state index contributed by atoms with van der Waals surface area (Å²) in [5.74, 6) is 0. The molecule has 0 radical (unpaired) electrons. The van der Waals surface area contributed by atoms with E-state index in [1.54, 1.807) is 0 Å². The first-order chi connectivity index (χ1) is 28.8. The van der Waals surface area contributed by atoms with Gasteiger partial charge in [-0.1, -0.05) is 206 Å². The average Bonchev–Trinajstić information content (AvgIpc) is 3.30. The van der Waals surface area contributed by atoms with Crippen LogP contribution in [0.1, 0.15) is 0 Å². The number of fused-ring (bicyclic) bond motifs is 8. The highest BCUT2D eigenvalue weighted by atomic mass is 14.2. The van der Waals surface area contributed by atoms with E-state index in [2.05, 4.69) is 218 Å². The molecule has 0 spiro atoms. The van der Waals surface area contributed by atoms with Crippen molar-refractivity contribution < 1.29 is 0 Å². The van der Waals surface area contributed by atoms with Crippen molar-refractivity contribution >= 4 is 75.4 Å². The fourth-order valence-corrected chi connectivity index (χ4v) is 9.97. The predicted molar refractivity (Wildman–Crippen MR) is 251 cm³/mol. The third-order valence-corrected chi connectivity index (χ3v) is 12.4. The van der Waals surface area contributed by atoms with E-state index < -0.39 is 0 Å². The molecule has 0 nitrogen and oxygen atoms in total. The third-order valence-electron chi connectivity index (χ3n) is 12.4. The maximum atomic E-state index is 2.45. The van der Waals surface area contributed by atoms with Crippen LogP contribution in [0.5, 0.6) is 0 Å². The zero-order chi connectivity index (χ0) is 38.2. The van der Waals surface area contributed by atoms with Gasteiger partial charge >= 0.3 is 0 Å². The fraction of sp³-hybridized carbons (Fsp3) is 0. The van der Waals surface area contributed by atoms with Gasteiger partial charge in [0.1, 0.15) is 0 Å². The van der Waals surface area contributed by atoms with Crippen molar-refractivity contribution in [1.29, 1.82) is 0 Å². The Morgan fingerprint density at radius 3 is 1.16 bits per heavy atom. The van der Waals surface area contributed by atoms with Crippen LogP contribution in [0.25, 0.3) is 120 Å². The Morgan fingerprint density at radius 2 is 0.586 bits per heavy atom. The summed E-state index contributed by atoms with van der Waals surface area (Å²) in [7, 11) is 0. The van der Waals surface area contributed by atoms with Gasteiger partial charge in [-0.05, 0) is 132 Å². The van der Waals surface area contributed by atoms with Crippen LogP contribution in [0, 0.1) is 0 Å². The van der Waals surface area contributed by atoms with Gasteiger partial charge in [0.25, 0.3) is 0 Å². The highest BCUT2D eigenvalue weighted by Gasteiger charge is 2.21. The van der Waals surface area contributed by atoms with E-state index in [1.807, 2.05) is 0 Å². The minimum atomic E-state index is 1.23. The fourth-order valence-electron chi connectivity index (χ4n) is 9.97. The highest BCUT2D eigenvalue weighted by molar-refractivity contribution is 6.27. The van der Waals surface area contributed by atoms with Crippen molar-refractivity contribution in [1.82, 2.24) is 0 Å². The molecule has 12 aromatic rings. The van der Waals surface area contributed by atoms with Gasteiger partial charge in [0.05, 0.1) is 0 Å².